The van der Waals surface area contributed by atoms with Crippen molar-refractivity contribution in [2.24, 2.45) is 5.92 Å². The van der Waals surface area contributed by atoms with Crippen molar-refractivity contribution in [3.05, 3.63) is 53.6 Å². The van der Waals surface area contributed by atoms with Gasteiger partial charge in [0.15, 0.2) is 0 Å². The van der Waals surface area contributed by atoms with Gasteiger partial charge in [-0.3, -0.25) is 14.0 Å². The van der Waals surface area contributed by atoms with E-state index in [1.807, 2.05) is 6.07 Å². The van der Waals surface area contributed by atoms with Gasteiger partial charge < -0.3 is 10.1 Å². The molecule has 1 unspecified atom stereocenters. The van der Waals surface area contributed by atoms with Crippen molar-refractivity contribution in [3.63, 3.8) is 0 Å². The number of carbonyl (C=O) groups is 1. The fourth-order valence-electron chi connectivity index (χ4n) is 4.56. The zero-order valence-electron chi connectivity index (χ0n) is 24.1. The number of nitrogens with zero attached hydrogens (tertiary/aromatic N) is 2. The number of amides is 1. The first kappa shape index (κ1) is 32.0. The Morgan fingerprint density at radius 3 is 2.40 bits per heavy atom. The molecule has 1 amide bonds. The number of nitrogens with one attached hydrogen (secondary N) is 2. The molecular formula is C29H44N4O5S2. The molecule has 0 aliphatic carbocycles. The highest BCUT2D eigenvalue weighted by atomic mass is 32.2. The van der Waals surface area contributed by atoms with Gasteiger partial charge in [0.1, 0.15) is 0 Å². The molecule has 0 saturated carbocycles. The topological polar surface area (TPSA) is 120 Å². The largest absolute Gasteiger partial charge is 0.379 e. The molecule has 1 heterocycles. The molecule has 11 heteroatoms. The molecule has 3 rings (SSSR count). The third-order valence-electron chi connectivity index (χ3n) is 7.53. The van der Waals surface area contributed by atoms with Gasteiger partial charge in [0, 0.05) is 43.0 Å². The third-order valence-corrected chi connectivity index (χ3v) is 10.6. The van der Waals surface area contributed by atoms with Crippen LogP contribution in [0.2, 0.25) is 0 Å². The van der Waals surface area contributed by atoms with Crippen molar-refractivity contribution in [3.8, 4) is 0 Å². The van der Waals surface area contributed by atoms with Crippen LogP contribution in [-0.4, -0.2) is 75.3 Å². The van der Waals surface area contributed by atoms with E-state index in [9.17, 15) is 17.4 Å². The Balaban J connectivity index is 1.73. The van der Waals surface area contributed by atoms with Crippen LogP contribution in [0.1, 0.15) is 55.5 Å². The standard InChI is InChI=1S/C29H44N4O5S2/c1-5-23(2)8-6-7-21-40(30,37)26-12-10-25(11-13-26)31-29(34)27-22-24(15-16-33-17-19-38-20-18-33)9-14-28(27)32(3)39(4,35)36/h9-14,22-23,30H,5-8,15-21H2,1-4H3,(H,31,34)/t23-,40?/m1/s1. The zero-order chi connectivity index (χ0) is 29.3. The van der Waals surface area contributed by atoms with Crippen LogP contribution in [0.15, 0.2) is 47.4 Å². The van der Waals surface area contributed by atoms with Gasteiger partial charge in [-0.2, -0.15) is 0 Å². The van der Waals surface area contributed by atoms with E-state index in [-0.39, 0.29) is 5.56 Å². The highest BCUT2D eigenvalue weighted by molar-refractivity contribution is 7.92. The Morgan fingerprint density at radius 2 is 1.77 bits per heavy atom. The van der Waals surface area contributed by atoms with Gasteiger partial charge in [-0.15, -0.1) is 0 Å². The molecule has 0 bridgehead atoms. The SMILES string of the molecule is CC[C@@H](C)CCCCS(=N)(=O)c1ccc(NC(=O)c2cc(CCN3CCOCC3)ccc2N(C)S(C)(=O)=O)cc1. The number of rotatable bonds is 14. The molecule has 0 spiro atoms. The van der Waals surface area contributed by atoms with E-state index in [1.165, 1.54) is 7.05 Å². The van der Waals surface area contributed by atoms with Crippen molar-refractivity contribution >= 4 is 37.0 Å². The number of hydrogen-bond acceptors (Lipinski definition) is 7. The summed E-state index contributed by atoms with van der Waals surface area (Å²) in [6, 6.07) is 11.8. The predicted molar refractivity (Wildman–Crippen MR) is 162 cm³/mol. The van der Waals surface area contributed by atoms with E-state index in [1.54, 1.807) is 36.4 Å². The van der Waals surface area contributed by atoms with Crippen molar-refractivity contribution in [2.45, 2.75) is 50.8 Å². The molecule has 1 fully saturated rings. The van der Waals surface area contributed by atoms with Gasteiger partial charge in [-0.05, 0) is 60.7 Å². The molecule has 9 nitrogen and oxygen atoms in total. The summed E-state index contributed by atoms with van der Waals surface area (Å²) in [6.07, 6.45) is 5.70. The average molecular weight is 593 g/mol. The summed E-state index contributed by atoms with van der Waals surface area (Å²) < 4.78 is 52.5. The van der Waals surface area contributed by atoms with Gasteiger partial charge in [-0.25, -0.2) is 17.4 Å². The molecule has 2 atom stereocenters. The summed E-state index contributed by atoms with van der Waals surface area (Å²) in [4.78, 5) is 16.2. The normalized spacial score (nSPS) is 16.7. The van der Waals surface area contributed by atoms with E-state index in [0.717, 1.165) is 61.4 Å². The van der Waals surface area contributed by atoms with E-state index in [4.69, 9.17) is 9.52 Å². The fraction of sp³-hybridized carbons (Fsp3) is 0.552. The first-order chi connectivity index (χ1) is 18.9. The summed E-state index contributed by atoms with van der Waals surface area (Å²) in [6.45, 7) is 8.32. The number of ether oxygens (including phenoxy) is 1. The number of benzene rings is 2. The van der Waals surface area contributed by atoms with Crippen molar-refractivity contribution in [1.82, 2.24) is 4.90 Å². The summed E-state index contributed by atoms with van der Waals surface area (Å²) in [5, 5.41) is 2.85. The van der Waals surface area contributed by atoms with E-state index >= 15 is 0 Å². The minimum Gasteiger partial charge on any atom is -0.379 e. The zero-order valence-corrected chi connectivity index (χ0v) is 25.8. The maximum Gasteiger partial charge on any atom is 0.257 e. The van der Waals surface area contributed by atoms with Crippen LogP contribution in [0.25, 0.3) is 0 Å². The number of carbonyl (C=O) groups excluding carboxylic acids is 1. The Morgan fingerprint density at radius 1 is 1.10 bits per heavy atom. The molecule has 2 aromatic rings. The monoisotopic (exact) mass is 592 g/mol. The van der Waals surface area contributed by atoms with Crippen molar-refractivity contribution < 1.29 is 22.2 Å². The number of sulfonamides is 1. The lowest BCUT2D eigenvalue weighted by Gasteiger charge is -2.26. The summed E-state index contributed by atoms with van der Waals surface area (Å²) in [5.74, 6) is 0.504. The highest BCUT2D eigenvalue weighted by Crippen LogP contribution is 2.26. The quantitative estimate of drug-likeness (QED) is 0.303. The second-order valence-electron chi connectivity index (χ2n) is 10.7. The predicted octanol–water partition coefficient (Wildman–Crippen LogP) is 4.83. The smallest absolute Gasteiger partial charge is 0.257 e. The lowest BCUT2D eigenvalue weighted by atomic mass is 10.0. The number of morpholine rings is 1. The van der Waals surface area contributed by atoms with Crippen LogP contribution in [0.4, 0.5) is 11.4 Å². The molecule has 1 saturated heterocycles. The van der Waals surface area contributed by atoms with Gasteiger partial charge >= 0.3 is 0 Å². The summed E-state index contributed by atoms with van der Waals surface area (Å²) in [5.41, 5.74) is 1.95. The van der Waals surface area contributed by atoms with E-state index in [2.05, 4.69) is 24.1 Å². The number of anilines is 2. The molecule has 0 aromatic heterocycles. The second-order valence-corrected chi connectivity index (χ2v) is 14.9. The molecule has 40 heavy (non-hydrogen) atoms. The van der Waals surface area contributed by atoms with E-state index < -0.39 is 25.7 Å². The molecule has 0 radical (unpaired) electrons. The Bertz CT molecular complexity index is 1340. The summed E-state index contributed by atoms with van der Waals surface area (Å²) >= 11 is 0. The van der Waals surface area contributed by atoms with Crippen LogP contribution in [0, 0.1) is 10.7 Å². The Hall–Kier alpha value is -2.47. The maximum absolute atomic E-state index is 13.4. The Labute approximate surface area is 240 Å². The van der Waals surface area contributed by atoms with Crippen molar-refractivity contribution in [2.75, 3.05) is 61.5 Å². The van der Waals surface area contributed by atoms with Gasteiger partial charge in [0.05, 0.1) is 40.4 Å². The number of unbranched alkanes of at least 4 members (excludes halogenated alkanes) is 1. The molecule has 1 aliphatic heterocycles. The summed E-state index contributed by atoms with van der Waals surface area (Å²) in [7, 11) is -5.07. The first-order valence-electron chi connectivity index (χ1n) is 14.0. The van der Waals surface area contributed by atoms with E-state index in [0.29, 0.717) is 47.6 Å². The Kier molecular flexibility index (Phi) is 11.6. The van der Waals surface area contributed by atoms with Crippen LogP contribution in [0.5, 0.6) is 0 Å². The van der Waals surface area contributed by atoms with Crippen LogP contribution < -0.4 is 9.62 Å². The van der Waals surface area contributed by atoms with Gasteiger partial charge in [0.2, 0.25) is 10.0 Å². The molecular weight excluding hydrogens is 548 g/mol. The maximum atomic E-state index is 13.4. The van der Waals surface area contributed by atoms with Gasteiger partial charge in [0.25, 0.3) is 5.91 Å². The third kappa shape index (κ3) is 9.29. The van der Waals surface area contributed by atoms with Gasteiger partial charge in [-0.1, -0.05) is 39.2 Å². The molecule has 1 aliphatic rings. The van der Waals surface area contributed by atoms with Crippen LogP contribution in [0.3, 0.4) is 0 Å². The van der Waals surface area contributed by atoms with Crippen LogP contribution in [-0.2, 0) is 30.9 Å². The van der Waals surface area contributed by atoms with Crippen LogP contribution >= 0.6 is 0 Å². The second kappa shape index (κ2) is 14.4. The molecule has 2 N–H and O–H groups in total. The lowest BCUT2D eigenvalue weighted by Crippen LogP contribution is -2.37. The minimum absolute atomic E-state index is 0.252. The molecule has 222 valence electrons. The first-order valence-corrected chi connectivity index (χ1v) is 17.5. The number of hydrogen-bond donors (Lipinski definition) is 2. The minimum atomic E-state index is -3.59. The fourth-order valence-corrected chi connectivity index (χ4v) is 6.50. The molecule has 2 aromatic carbocycles. The highest BCUT2D eigenvalue weighted by Gasteiger charge is 2.21. The van der Waals surface area contributed by atoms with Crippen molar-refractivity contribution in [1.29, 1.82) is 4.78 Å². The lowest BCUT2D eigenvalue weighted by molar-refractivity contribution is 0.0384. The average Bonchev–Trinajstić information content (AvgIpc) is 2.94.